The lowest BCUT2D eigenvalue weighted by molar-refractivity contribution is 0.0941. The summed E-state index contributed by atoms with van der Waals surface area (Å²) in [7, 11) is 0. The maximum Gasteiger partial charge on any atom is 0.287 e. The van der Waals surface area contributed by atoms with E-state index < -0.39 is 5.91 Å². The minimum absolute atomic E-state index is 0.0309. The summed E-state index contributed by atoms with van der Waals surface area (Å²) in [6.45, 7) is 0.409. The zero-order valence-corrected chi connectivity index (χ0v) is 16.1. The Morgan fingerprint density at radius 2 is 1.76 bits per heavy atom. The van der Waals surface area contributed by atoms with Crippen molar-refractivity contribution in [3.05, 3.63) is 99.8 Å². The van der Waals surface area contributed by atoms with Gasteiger partial charge in [0.25, 0.3) is 11.5 Å². The fourth-order valence-electron chi connectivity index (χ4n) is 3.10. The fourth-order valence-corrected chi connectivity index (χ4v) is 3.30. The Labute approximate surface area is 171 Å². The van der Waals surface area contributed by atoms with E-state index in [-0.39, 0.29) is 16.5 Å². The van der Waals surface area contributed by atoms with Gasteiger partial charge in [-0.3, -0.25) is 14.2 Å². The van der Waals surface area contributed by atoms with Gasteiger partial charge in [0.2, 0.25) is 5.82 Å². The number of halogens is 1. The van der Waals surface area contributed by atoms with Gasteiger partial charge in [-0.2, -0.15) is 0 Å². The van der Waals surface area contributed by atoms with Crippen LogP contribution in [-0.4, -0.2) is 27.0 Å². The number of carbonyl (C=O) groups excluding carboxylic acids is 1. The minimum atomic E-state index is -0.455. The second-order valence-corrected chi connectivity index (χ2v) is 6.76. The molecule has 0 aliphatic rings. The lowest BCUT2D eigenvalue weighted by atomic mass is 10.1. The highest BCUT2D eigenvalue weighted by Crippen LogP contribution is 2.18. The molecule has 1 amide bonds. The number of aromatic nitrogens is 3. The van der Waals surface area contributed by atoms with E-state index in [4.69, 9.17) is 11.6 Å². The molecule has 6 nitrogen and oxygen atoms in total. The molecule has 4 aromatic rings. The SMILES string of the molecule is O=C(NCCc1ccccc1)c1nc2ccccc2c(=O)n1-c1cccnc1Cl. The van der Waals surface area contributed by atoms with Gasteiger partial charge in [-0.05, 0) is 36.2 Å². The van der Waals surface area contributed by atoms with Crippen LogP contribution >= 0.6 is 11.6 Å². The van der Waals surface area contributed by atoms with Crippen LogP contribution in [0.25, 0.3) is 16.6 Å². The molecule has 1 N–H and O–H groups in total. The van der Waals surface area contributed by atoms with Crippen LogP contribution in [0.15, 0.2) is 77.7 Å². The zero-order valence-electron chi connectivity index (χ0n) is 15.4. The van der Waals surface area contributed by atoms with Crippen LogP contribution in [0, 0.1) is 0 Å². The summed E-state index contributed by atoms with van der Waals surface area (Å²) in [6, 6.07) is 20.0. The summed E-state index contributed by atoms with van der Waals surface area (Å²) < 4.78 is 1.22. The average Bonchev–Trinajstić information content (AvgIpc) is 2.75. The van der Waals surface area contributed by atoms with Gasteiger partial charge in [0, 0.05) is 12.7 Å². The van der Waals surface area contributed by atoms with E-state index in [9.17, 15) is 9.59 Å². The summed E-state index contributed by atoms with van der Waals surface area (Å²) in [4.78, 5) is 34.6. The smallest absolute Gasteiger partial charge is 0.287 e. The van der Waals surface area contributed by atoms with Gasteiger partial charge >= 0.3 is 0 Å². The average molecular weight is 405 g/mol. The number of amides is 1. The summed E-state index contributed by atoms with van der Waals surface area (Å²) in [5.74, 6) is -0.486. The first-order chi connectivity index (χ1) is 14.1. The molecule has 0 radical (unpaired) electrons. The molecule has 29 heavy (non-hydrogen) atoms. The van der Waals surface area contributed by atoms with Gasteiger partial charge in [0.1, 0.15) is 0 Å². The molecule has 2 aromatic carbocycles. The third-order valence-corrected chi connectivity index (χ3v) is 4.79. The van der Waals surface area contributed by atoms with E-state index in [0.717, 1.165) is 5.56 Å². The molecule has 0 fully saturated rings. The summed E-state index contributed by atoms with van der Waals surface area (Å²) in [6.07, 6.45) is 2.18. The number of hydrogen-bond donors (Lipinski definition) is 1. The molecular formula is C22H17ClN4O2. The Kier molecular flexibility index (Phi) is 5.35. The molecule has 7 heteroatoms. The number of carbonyl (C=O) groups is 1. The van der Waals surface area contributed by atoms with Crippen molar-refractivity contribution in [1.82, 2.24) is 19.9 Å². The van der Waals surface area contributed by atoms with E-state index in [2.05, 4.69) is 15.3 Å². The number of nitrogens with one attached hydrogen (secondary N) is 1. The molecule has 144 valence electrons. The second-order valence-electron chi connectivity index (χ2n) is 6.40. The number of para-hydroxylation sites is 1. The van der Waals surface area contributed by atoms with Crippen molar-refractivity contribution in [2.45, 2.75) is 6.42 Å². The van der Waals surface area contributed by atoms with Gasteiger partial charge in [-0.15, -0.1) is 0 Å². The number of benzene rings is 2. The predicted octanol–water partition coefficient (Wildman–Crippen LogP) is 3.41. The third-order valence-electron chi connectivity index (χ3n) is 4.50. The standard InChI is InChI=1S/C22H17ClN4O2/c23-19-18(11-6-13-24-19)27-20(26-17-10-5-4-9-16(17)22(27)29)21(28)25-14-12-15-7-2-1-3-8-15/h1-11,13H,12,14H2,(H,25,28). The fraction of sp³-hybridized carbons (Fsp3) is 0.0909. The molecule has 2 heterocycles. The van der Waals surface area contributed by atoms with Crippen molar-refractivity contribution >= 4 is 28.4 Å². The van der Waals surface area contributed by atoms with Gasteiger partial charge < -0.3 is 5.32 Å². The van der Waals surface area contributed by atoms with Crippen molar-refractivity contribution < 1.29 is 4.79 Å². The molecule has 0 saturated carbocycles. The number of hydrogen-bond acceptors (Lipinski definition) is 4. The molecule has 0 atom stereocenters. The highest BCUT2D eigenvalue weighted by molar-refractivity contribution is 6.31. The lowest BCUT2D eigenvalue weighted by Crippen LogP contribution is -2.34. The van der Waals surface area contributed by atoms with Crippen LogP contribution in [0.2, 0.25) is 5.15 Å². The first-order valence-electron chi connectivity index (χ1n) is 9.10. The summed E-state index contributed by atoms with van der Waals surface area (Å²) in [5, 5.41) is 3.36. The molecule has 0 saturated heterocycles. The lowest BCUT2D eigenvalue weighted by Gasteiger charge is -2.14. The van der Waals surface area contributed by atoms with Crippen molar-refractivity contribution in [2.75, 3.05) is 6.54 Å². The highest BCUT2D eigenvalue weighted by Gasteiger charge is 2.20. The van der Waals surface area contributed by atoms with Crippen LogP contribution < -0.4 is 10.9 Å². The first kappa shape index (κ1) is 18.8. The molecule has 2 aromatic heterocycles. The first-order valence-corrected chi connectivity index (χ1v) is 9.48. The quantitative estimate of drug-likeness (QED) is 0.517. The number of nitrogens with zero attached hydrogens (tertiary/aromatic N) is 3. The van der Waals surface area contributed by atoms with Gasteiger partial charge in [0.05, 0.1) is 16.6 Å². The molecular weight excluding hydrogens is 388 g/mol. The van der Waals surface area contributed by atoms with Gasteiger partial charge in [-0.25, -0.2) is 9.97 Å². The topological polar surface area (TPSA) is 76.9 Å². The Hall–Kier alpha value is -3.51. The number of pyridine rings is 1. The Morgan fingerprint density at radius 1 is 1.00 bits per heavy atom. The van der Waals surface area contributed by atoms with Crippen LogP contribution in [-0.2, 0) is 6.42 Å². The van der Waals surface area contributed by atoms with Crippen LogP contribution in [0.1, 0.15) is 16.2 Å². The Balaban J connectivity index is 1.74. The number of fused-ring (bicyclic) bond motifs is 1. The van der Waals surface area contributed by atoms with E-state index >= 15 is 0 Å². The van der Waals surface area contributed by atoms with E-state index in [1.165, 1.54) is 10.8 Å². The maximum atomic E-state index is 13.2. The zero-order chi connectivity index (χ0) is 20.2. The largest absolute Gasteiger partial charge is 0.349 e. The monoisotopic (exact) mass is 404 g/mol. The van der Waals surface area contributed by atoms with Crippen LogP contribution in [0.4, 0.5) is 0 Å². The third kappa shape index (κ3) is 3.88. The Morgan fingerprint density at radius 3 is 2.55 bits per heavy atom. The van der Waals surface area contributed by atoms with Gasteiger partial charge in [-0.1, -0.05) is 54.1 Å². The predicted molar refractivity (Wildman–Crippen MR) is 113 cm³/mol. The second kappa shape index (κ2) is 8.24. The van der Waals surface area contributed by atoms with Crippen LogP contribution in [0.3, 0.4) is 0 Å². The molecule has 0 aliphatic carbocycles. The normalized spacial score (nSPS) is 10.8. The highest BCUT2D eigenvalue weighted by atomic mass is 35.5. The van der Waals surface area contributed by atoms with E-state index in [0.29, 0.717) is 29.6 Å². The van der Waals surface area contributed by atoms with E-state index in [1.54, 1.807) is 36.4 Å². The van der Waals surface area contributed by atoms with Crippen LogP contribution in [0.5, 0.6) is 0 Å². The summed E-state index contributed by atoms with van der Waals surface area (Å²) in [5.41, 5.74) is 1.48. The molecule has 0 aliphatic heterocycles. The van der Waals surface area contributed by atoms with Gasteiger partial charge in [0.15, 0.2) is 5.15 Å². The molecule has 4 rings (SSSR count). The molecule has 0 bridgehead atoms. The van der Waals surface area contributed by atoms with Crippen molar-refractivity contribution in [2.24, 2.45) is 0 Å². The Bertz CT molecular complexity index is 1240. The van der Waals surface area contributed by atoms with Crippen molar-refractivity contribution in [1.29, 1.82) is 0 Å². The molecule has 0 spiro atoms. The van der Waals surface area contributed by atoms with E-state index in [1.807, 2.05) is 30.3 Å². The molecule has 0 unspecified atom stereocenters. The number of rotatable bonds is 5. The maximum absolute atomic E-state index is 13.2. The summed E-state index contributed by atoms with van der Waals surface area (Å²) >= 11 is 6.21. The van der Waals surface area contributed by atoms with Crippen molar-refractivity contribution in [3.63, 3.8) is 0 Å². The minimum Gasteiger partial charge on any atom is -0.349 e. The van der Waals surface area contributed by atoms with Crippen molar-refractivity contribution in [3.8, 4) is 5.69 Å².